The van der Waals surface area contributed by atoms with Gasteiger partial charge in [0, 0.05) is 0 Å². The van der Waals surface area contributed by atoms with Crippen LogP contribution in [0.2, 0.25) is 0 Å². The van der Waals surface area contributed by atoms with E-state index in [0.717, 1.165) is 19.0 Å². The molecule has 80 valence electrons. The summed E-state index contributed by atoms with van der Waals surface area (Å²) >= 11 is 0. The number of hydrogen-bond donors (Lipinski definition) is 2. The van der Waals surface area contributed by atoms with Gasteiger partial charge in [-0.15, -0.1) is 0 Å². The maximum atomic E-state index is 3.45. The standard InChI is InChI=1S/C11H26N2/c1-11(2)7-4-5-9-13-10-6-8-12-3/h11-13H,4-10H2,1-3H3. The van der Waals surface area contributed by atoms with Crippen LogP contribution in [0.4, 0.5) is 0 Å². The van der Waals surface area contributed by atoms with Crippen LogP contribution in [0.1, 0.15) is 39.5 Å². The van der Waals surface area contributed by atoms with E-state index >= 15 is 0 Å². The molecule has 0 fully saturated rings. The monoisotopic (exact) mass is 186 g/mol. The van der Waals surface area contributed by atoms with E-state index in [1.165, 1.54) is 32.2 Å². The smallest absolute Gasteiger partial charge is 0.00368 e. The van der Waals surface area contributed by atoms with Gasteiger partial charge in [0.2, 0.25) is 0 Å². The summed E-state index contributed by atoms with van der Waals surface area (Å²) in [4.78, 5) is 0. The number of nitrogens with one attached hydrogen (secondary N) is 2. The van der Waals surface area contributed by atoms with Crippen molar-refractivity contribution in [2.45, 2.75) is 39.5 Å². The average Bonchev–Trinajstić information content (AvgIpc) is 2.09. The molecule has 0 unspecified atom stereocenters. The molecule has 0 aromatic carbocycles. The molecule has 0 saturated heterocycles. The van der Waals surface area contributed by atoms with Crippen LogP contribution in [0.25, 0.3) is 0 Å². The lowest BCUT2D eigenvalue weighted by Gasteiger charge is -2.05. The van der Waals surface area contributed by atoms with Crippen LogP contribution in [0.3, 0.4) is 0 Å². The third-order valence-electron chi connectivity index (χ3n) is 2.17. The van der Waals surface area contributed by atoms with Gasteiger partial charge in [-0.2, -0.15) is 0 Å². The molecule has 0 radical (unpaired) electrons. The molecule has 0 aromatic heterocycles. The van der Waals surface area contributed by atoms with Gasteiger partial charge in [-0.1, -0.05) is 26.7 Å². The first-order valence-electron chi connectivity index (χ1n) is 5.62. The summed E-state index contributed by atoms with van der Waals surface area (Å²) in [7, 11) is 2.00. The summed E-state index contributed by atoms with van der Waals surface area (Å²) in [5.41, 5.74) is 0. The molecule has 0 bridgehead atoms. The number of rotatable bonds is 9. The van der Waals surface area contributed by atoms with Crippen molar-refractivity contribution < 1.29 is 0 Å². The summed E-state index contributed by atoms with van der Waals surface area (Å²) in [5, 5.41) is 6.60. The number of hydrogen-bond acceptors (Lipinski definition) is 2. The Labute approximate surface area is 83.5 Å². The van der Waals surface area contributed by atoms with Crippen molar-refractivity contribution in [3.63, 3.8) is 0 Å². The molecule has 2 heteroatoms. The van der Waals surface area contributed by atoms with Crippen LogP contribution in [0.5, 0.6) is 0 Å². The van der Waals surface area contributed by atoms with Crippen molar-refractivity contribution in [3.8, 4) is 0 Å². The molecule has 0 saturated carbocycles. The molecule has 0 aliphatic rings. The molecule has 0 aromatic rings. The van der Waals surface area contributed by atoms with E-state index in [1.54, 1.807) is 0 Å². The van der Waals surface area contributed by atoms with E-state index in [1.807, 2.05) is 7.05 Å². The van der Waals surface area contributed by atoms with E-state index in [2.05, 4.69) is 24.5 Å². The second-order valence-electron chi connectivity index (χ2n) is 4.10. The first-order chi connectivity index (χ1) is 6.27. The normalized spacial score (nSPS) is 11.1. The van der Waals surface area contributed by atoms with Crippen LogP contribution >= 0.6 is 0 Å². The van der Waals surface area contributed by atoms with Gasteiger partial charge in [0.25, 0.3) is 0 Å². The summed E-state index contributed by atoms with van der Waals surface area (Å²) in [6, 6.07) is 0. The zero-order valence-electron chi connectivity index (χ0n) is 9.53. The van der Waals surface area contributed by atoms with Gasteiger partial charge in [0.05, 0.1) is 0 Å². The first-order valence-corrected chi connectivity index (χ1v) is 5.62. The summed E-state index contributed by atoms with van der Waals surface area (Å²) < 4.78 is 0. The zero-order chi connectivity index (χ0) is 9.94. The maximum absolute atomic E-state index is 3.45. The molecule has 0 spiro atoms. The fourth-order valence-electron chi connectivity index (χ4n) is 1.32. The highest BCUT2D eigenvalue weighted by molar-refractivity contribution is 4.52. The van der Waals surface area contributed by atoms with E-state index in [0.29, 0.717) is 0 Å². The van der Waals surface area contributed by atoms with Crippen molar-refractivity contribution in [3.05, 3.63) is 0 Å². The fraction of sp³-hybridized carbons (Fsp3) is 1.00. The zero-order valence-corrected chi connectivity index (χ0v) is 9.53. The summed E-state index contributed by atoms with van der Waals surface area (Å²) in [6.45, 7) is 8.05. The lowest BCUT2D eigenvalue weighted by atomic mass is 10.1. The maximum Gasteiger partial charge on any atom is -0.00368 e. The van der Waals surface area contributed by atoms with Gasteiger partial charge >= 0.3 is 0 Å². The van der Waals surface area contributed by atoms with Crippen molar-refractivity contribution in [2.75, 3.05) is 26.7 Å². The van der Waals surface area contributed by atoms with Gasteiger partial charge in [-0.05, 0) is 45.4 Å². The Morgan fingerprint density at radius 1 is 0.923 bits per heavy atom. The lowest BCUT2D eigenvalue weighted by molar-refractivity contribution is 0.517. The molecule has 0 aliphatic carbocycles. The highest BCUT2D eigenvalue weighted by Gasteiger charge is 1.93. The Kier molecular flexibility index (Phi) is 9.94. The van der Waals surface area contributed by atoms with Crippen molar-refractivity contribution >= 4 is 0 Å². The van der Waals surface area contributed by atoms with Crippen molar-refractivity contribution in [1.29, 1.82) is 0 Å². The topological polar surface area (TPSA) is 24.1 Å². The Bertz CT molecular complexity index is 92.1. The van der Waals surface area contributed by atoms with Crippen LogP contribution < -0.4 is 10.6 Å². The molecular formula is C11H26N2. The lowest BCUT2D eigenvalue weighted by Crippen LogP contribution is -2.20. The van der Waals surface area contributed by atoms with Crippen LogP contribution in [-0.2, 0) is 0 Å². The first kappa shape index (κ1) is 12.9. The quantitative estimate of drug-likeness (QED) is 0.538. The molecule has 2 nitrogen and oxygen atoms in total. The highest BCUT2D eigenvalue weighted by Crippen LogP contribution is 2.04. The van der Waals surface area contributed by atoms with Crippen LogP contribution in [0, 0.1) is 5.92 Å². The molecule has 0 heterocycles. The second-order valence-corrected chi connectivity index (χ2v) is 4.10. The predicted octanol–water partition coefficient (Wildman–Crippen LogP) is 2.01. The van der Waals surface area contributed by atoms with Gasteiger partial charge < -0.3 is 10.6 Å². The minimum absolute atomic E-state index is 0.865. The van der Waals surface area contributed by atoms with Crippen LogP contribution in [0.15, 0.2) is 0 Å². The van der Waals surface area contributed by atoms with Crippen molar-refractivity contribution in [1.82, 2.24) is 10.6 Å². The van der Waals surface area contributed by atoms with Crippen molar-refractivity contribution in [2.24, 2.45) is 5.92 Å². The fourth-order valence-corrected chi connectivity index (χ4v) is 1.32. The Morgan fingerprint density at radius 3 is 2.23 bits per heavy atom. The largest absolute Gasteiger partial charge is 0.320 e. The minimum Gasteiger partial charge on any atom is -0.320 e. The molecule has 0 amide bonds. The minimum atomic E-state index is 0.865. The van der Waals surface area contributed by atoms with E-state index < -0.39 is 0 Å². The van der Waals surface area contributed by atoms with E-state index in [-0.39, 0.29) is 0 Å². The molecule has 0 rings (SSSR count). The van der Waals surface area contributed by atoms with E-state index in [4.69, 9.17) is 0 Å². The molecular weight excluding hydrogens is 160 g/mol. The number of unbranched alkanes of at least 4 members (excludes halogenated alkanes) is 1. The third kappa shape index (κ3) is 11.9. The second kappa shape index (κ2) is 10.0. The Hall–Kier alpha value is -0.0800. The van der Waals surface area contributed by atoms with Gasteiger partial charge in [-0.3, -0.25) is 0 Å². The molecule has 2 N–H and O–H groups in total. The highest BCUT2D eigenvalue weighted by atomic mass is 14.9. The summed E-state index contributed by atoms with van der Waals surface area (Å²) in [5.74, 6) is 0.865. The van der Waals surface area contributed by atoms with Crippen LogP contribution in [-0.4, -0.2) is 26.7 Å². The van der Waals surface area contributed by atoms with Gasteiger partial charge in [0.1, 0.15) is 0 Å². The Morgan fingerprint density at radius 2 is 1.62 bits per heavy atom. The summed E-state index contributed by atoms with van der Waals surface area (Å²) in [6.07, 6.45) is 5.31. The Balaban J connectivity index is 2.84. The average molecular weight is 186 g/mol. The molecule has 13 heavy (non-hydrogen) atoms. The SMILES string of the molecule is CNCCCNCCCCC(C)C. The predicted molar refractivity (Wildman–Crippen MR) is 60.1 cm³/mol. The van der Waals surface area contributed by atoms with Gasteiger partial charge in [0.15, 0.2) is 0 Å². The molecule has 0 aliphatic heterocycles. The van der Waals surface area contributed by atoms with E-state index in [9.17, 15) is 0 Å². The third-order valence-corrected chi connectivity index (χ3v) is 2.17. The van der Waals surface area contributed by atoms with Gasteiger partial charge in [-0.25, -0.2) is 0 Å². The molecule has 0 atom stereocenters.